The van der Waals surface area contributed by atoms with Crippen molar-refractivity contribution in [3.8, 4) is 0 Å². The third-order valence-electron chi connectivity index (χ3n) is 5.59. The molecule has 1 atom stereocenters. The van der Waals surface area contributed by atoms with E-state index in [9.17, 15) is 14.0 Å². The highest BCUT2D eigenvalue weighted by atomic mass is 19.1. The molecule has 7 heteroatoms. The fourth-order valence-corrected chi connectivity index (χ4v) is 4.64. The molecular weight excluding hydrogens is 265 g/mol. The lowest BCUT2D eigenvalue weighted by Crippen LogP contribution is -2.75. The maximum absolute atomic E-state index is 12.9. The molecule has 5 aliphatic rings. The van der Waals surface area contributed by atoms with E-state index in [2.05, 4.69) is 0 Å². The molecule has 0 spiro atoms. The summed E-state index contributed by atoms with van der Waals surface area (Å²) in [6.07, 6.45) is 1.43. The summed E-state index contributed by atoms with van der Waals surface area (Å²) < 4.78 is 12.9. The highest BCUT2D eigenvalue weighted by Crippen LogP contribution is 2.70. The lowest BCUT2D eigenvalue weighted by atomic mass is 9.39. The number of carboxylic acid groups (broad SMARTS) is 1. The average Bonchev–Trinajstić information content (AvgIpc) is 2.64. The Morgan fingerprint density at radius 2 is 2.00 bits per heavy atom. The zero-order valence-electron chi connectivity index (χ0n) is 11.2. The van der Waals surface area contributed by atoms with E-state index in [4.69, 9.17) is 5.11 Å². The van der Waals surface area contributed by atoms with Gasteiger partial charge in [-0.05, 0) is 19.3 Å². The van der Waals surface area contributed by atoms with E-state index in [1.54, 1.807) is 4.90 Å². The highest BCUT2D eigenvalue weighted by molar-refractivity contribution is 5.79. The molecule has 2 heterocycles. The van der Waals surface area contributed by atoms with Gasteiger partial charge in [-0.3, -0.25) is 4.39 Å². The molecule has 2 saturated heterocycles. The zero-order valence-corrected chi connectivity index (χ0v) is 11.2. The van der Waals surface area contributed by atoms with E-state index >= 15 is 0 Å². The minimum absolute atomic E-state index is 0.0206. The van der Waals surface area contributed by atoms with Crippen molar-refractivity contribution >= 4 is 12.1 Å². The number of alkyl halides is 1. The van der Waals surface area contributed by atoms with Gasteiger partial charge in [-0.25, -0.2) is 9.59 Å². The van der Waals surface area contributed by atoms with Crippen molar-refractivity contribution in [2.75, 3.05) is 32.9 Å². The van der Waals surface area contributed by atoms with Gasteiger partial charge in [0, 0.05) is 37.1 Å². The second kappa shape index (κ2) is 3.56. The second-order valence-electron chi connectivity index (χ2n) is 6.86. The normalized spacial score (nSPS) is 42.1. The molecule has 3 aliphatic carbocycles. The number of rotatable bonds is 2. The van der Waals surface area contributed by atoms with Gasteiger partial charge < -0.3 is 19.8 Å². The van der Waals surface area contributed by atoms with Crippen molar-refractivity contribution < 1.29 is 19.1 Å². The van der Waals surface area contributed by atoms with E-state index in [1.165, 1.54) is 4.90 Å². The van der Waals surface area contributed by atoms with Crippen molar-refractivity contribution in [3.63, 3.8) is 0 Å². The van der Waals surface area contributed by atoms with Crippen LogP contribution in [0.1, 0.15) is 19.3 Å². The number of piperazine rings is 1. The van der Waals surface area contributed by atoms with Gasteiger partial charge in [0.15, 0.2) is 0 Å². The van der Waals surface area contributed by atoms with Crippen LogP contribution in [0.4, 0.5) is 14.0 Å². The van der Waals surface area contributed by atoms with Crippen LogP contribution in [0.15, 0.2) is 0 Å². The van der Waals surface area contributed by atoms with Gasteiger partial charge in [-0.2, -0.15) is 0 Å². The Morgan fingerprint density at radius 1 is 1.30 bits per heavy atom. The number of hydrogen-bond acceptors (Lipinski definition) is 2. The lowest BCUT2D eigenvalue weighted by molar-refractivity contribution is -0.207. The molecular formula is C13H18FN3O3. The molecule has 5 rings (SSSR count). The Kier molecular flexibility index (Phi) is 2.18. The molecule has 3 saturated carbocycles. The van der Waals surface area contributed by atoms with Crippen molar-refractivity contribution in [3.05, 3.63) is 0 Å². The number of nitrogens with zero attached hydrogens (tertiary/aromatic N) is 3. The topological polar surface area (TPSA) is 64.1 Å². The first-order valence-corrected chi connectivity index (χ1v) is 7.11. The van der Waals surface area contributed by atoms with Gasteiger partial charge in [-0.15, -0.1) is 0 Å². The maximum Gasteiger partial charge on any atom is 0.407 e. The molecule has 3 amide bonds. The van der Waals surface area contributed by atoms with Gasteiger partial charge in [0.25, 0.3) is 0 Å². The summed E-state index contributed by atoms with van der Waals surface area (Å²) in [5.41, 5.74) is -0.259. The maximum atomic E-state index is 12.9. The zero-order chi connectivity index (χ0) is 14.1. The third kappa shape index (κ3) is 1.33. The first kappa shape index (κ1) is 12.2. The average molecular weight is 283 g/mol. The van der Waals surface area contributed by atoms with E-state index < -0.39 is 6.09 Å². The van der Waals surface area contributed by atoms with Gasteiger partial charge in [0.05, 0.1) is 12.7 Å². The molecule has 2 bridgehead atoms. The van der Waals surface area contributed by atoms with Crippen LogP contribution < -0.4 is 0 Å². The van der Waals surface area contributed by atoms with Crippen molar-refractivity contribution in [2.24, 2.45) is 5.41 Å². The SMILES string of the molecule is O=C(O)N1CCN2C(=O)N(C34CC(CF)(C3)C4)CC2C1. The molecule has 1 unspecified atom stereocenters. The summed E-state index contributed by atoms with van der Waals surface area (Å²) in [5.74, 6) is 0. The summed E-state index contributed by atoms with van der Waals surface area (Å²) >= 11 is 0. The number of amides is 3. The van der Waals surface area contributed by atoms with Crippen molar-refractivity contribution in [1.29, 1.82) is 0 Å². The first-order valence-electron chi connectivity index (χ1n) is 7.11. The Morgan fingerprint density at radius 3 is 2.60 bits per heavy atom. The van der Waals surface area contributed by atoms with E-state index in [0.717, 1.165) is 19.3 Å². The monoisotopic (exact) mass is 283 g/mol. The van der Waals surface area contributed by atoms with Crippen LogP contribution in [0.25, 0.3) is 0 Å². The molecule has 20 heavy (non-hydrogen) atoms. The standard InChI is InChI=1S/C13H18FN3O3/c14-8-12-5-13(6-12,7-12)17-4-9-3-15(11(19)20)1-2-16(9)10(17)18/h9H,1-8H2,(H,19,20). The first-order chi connectivity index (χ1) is 9.49. The fraction of sp³-hybridized carbons (Fsp3) is 0.846. The molecule has 2 aliphatic heterocycles. The third-order valence-corrected chi connectivity index (χ3v) is 5.59. The molecule has 0 aromatic carbocycles. The summed E-state index contributed by atoms with van der Waals surface area (Å²) in [6.45, 7) is 1.55. The highest BCUT2D eigenvalue weighted by Gasteiger charge is 2.72. The number of hydrogen-bond donors (Lipinski definition) is 1. The van der Waals surface area contributed by atoms with Gasteiger partial charge >= 0.3 is 12.1 Å². The predicted octanol–water partition coefficient (Wildman–Crippen LogP) is 0.978. The Balaban J connectivity index is 1.47. The summed E-state index contributed by atoms with van der Waals surface area (Å²) in [7, 11) is 0. The van der Waals surface area contributed by atoms with Crippen LogP contribution in [0.2, 0.25) is 0 Å². The summed E-state index contributed by atoms with van der Waals surface area (Å²) in [5, 5.41) is 9.05. The van der Waals surface area contributed by atoms with Crippen LogP contribution in [-0.2, 0) is 0 Å². The number of carbonyl (C=O) groups excluding carboxylic acids is 1. The Bertz CT molecular complexity index is 477. The lowest BCUT2D eigenvalue weighted by Gasteiger charge is -2.72. The van der Waals surface area contributed by atoms with Crippen molar-refractivity contribution in [2.45, 2.75) is 30.8 Å². The van der Waals surface area contributed by atoms with Gasteiger partial charge in [0.2, 0.25) is 0 Å². The number of urea groups is 1. The summed E-state index contributed by atoms with van der Waals surface area (Å²) in [6, 6.07) is -0.0186. The quantitative estimate of drug-likeness (QED) is 0.821. The molecule has 0 aromatic heterocycles. The van der Waals surface area contributed by atoms with Crippen LogP contribution in [-0.4, -0.2) is 76.4 Å². The van der Waals surface area contributed by atoms with Crippen LogP contribution >= 0.6 is 0 Å². The van der Waals surface area contributed by atoms with Gasteiger partial charge in [0.1, 0.15) is 0 Å². The molecule has 6 nitrogen and oxygen atoms in total. The van der Waals surface area contributed by atoms with Crippen LogP contribution in [0.5, 0.6) is 0 Å². The van der Waals surface area contributed by atoms with Crippen LogP contribution in [0, 0.1) is 5.41 Å². The van der Waals surface area contributed by atoms with E-state index in [0.29, 0.717) is 26.2 Å². The minimum atomic E-state index is -0.919. The van der Waals surface area contributed by atoms with E-state index in [1.807, 2.05) is 4.90 Å². The number of fused-ring (bicyclic) bond motifs is 1. The molecule has 5 fully saturated rings. The molecule has 1 N–H and O–H groups in total. The fourth-order valence-electron chi connectivity index (χ4n) is 4.64. The predicted molar refractivity (Wildman–Crippen MR) is 67.2 cm³/mol. The largest absolute Gasteiger partial charge is 0.465 e. The van der Waals surface area contributed by atoms with Crippen molar-refractivity contribution in [1.82, 2.24) is 14.7 Å². The Labute approximate surface area is 116 Å². The minimum Gasteiger partial charge on any atom is -0.465 e. The second-order valence-corrected chi connectivity index (χ2v) is 6.86. The van der Waals surface area contributed by atoms with E-state index in [-0.39, 0.29) is 29.7 Å². The smallest absolute Gasteiger partial charge is 0.407 e. The number of carbonyl (C=O) groups is 2. The Hall–Kier alpha value is -1.53. The molecule has 0 radical (unpaired) electrons. The summed E-state index contributed by atoms with van der Waals surface area (Å²) in [4.78, 5) is 28.6. The van der Waals surface area contributed by atoms with Crippen LogP contribution in [0.3, 0.4) is 0 Å². The molecule has 0 aromatic rings. The van der Waals surface area contributed by atoms with Gasteiger partial charge in [-0.1, -0.05) is 0 Å². The molecule has 110 valence electrons. The number of halogens is 1.